The first-order chi connectivity index (χ1) is 21.7. The number of anilines is 1. The molecule has 2 aromatic rings. The third kappa shape index (κ3) is 6.79. The minimum absolute atomic E-state index is 0.0250. The number of ether oxygens (including phenoxy) is 2. The van der Waals surface area contributed by atoms with E-state index in [2.05, 4.69) is 10.6 Å². The van der Waals surface area contributed by atoms with Gasteiger partial charge in [0.1, 0.15) is 5.75 Å². The van der Waals surface area contributed by atoms with Gasteiger partial charge in [0.05, 0.1) is 36.0 Å². The van der Waals surface area contributed by atoms with Crippen molar-refractivity contribution in [1.29, 1.82) is 0 Å². The maximum absolute atomic E-state index is 14.9. The normalized spacial score (nSPS) is 25.9. The summed E-state index contributed by atoms with van der Waals surface area (Å²) in [5, 5.41) is 14.6. The van der Waals surface area contributed by atoms with Crippen LogP contribution in [-0.4, -0.2) is 56.6 Å². The van der Waals surface area contributed by atoms with Gasteiger partial charge in [0.15, 0.2) is 11.6 Å². The zero-order valence-electron chi connectivity index (χ0n) is 24.8. The van der Waals surface area contributed by atoms with E-state index in [1.165, 1.54) is 19.2 Å². The van der Waals surface area contributed by atoms with Crippen molar-refractivity contribution in [1.82, 2.24) is 5.32 Å². The Morgan fingerprint density at radius 3 is 2.33 bits per heavy atom. The number of alkyl halides is 3. The van der Waals surface area contributed by atoms with Crippen LogP contribution in [0, 0.1) is 35.4 Å². The summed E-state index contributed by atoms with van der Waals surface area (Å²) in [6, 6.07) is 5.49. The predicted molar refractivity (Wildman–Crippen MR) is 155 cm³/mol. The van der Waals surface area contributed by atoms with Gasteiger partial charge in [-0.25, -0.2) is 12.8 Å². The molecule has 250 valence electrons. The van der Waals surface area contributed by atoms with Crippen molar-refractivity contribution in [2.45, 2.75) is 61.4 Å². The SMILES string of the molecule is COc1cc(F)c(OC[C@H]2CC[C@@H](C(=O)O)CC2)cc1C(=O)N[C@@H]1[C@H]2CC[C@H](C2)[C@@H]1C(=O)Nc1cccc(S(=O)(=O)C(F)(F)F)c1. The highest BCUT2D eigenvalue weighted by molar-refractivity contribution is 7.92. The van der Waals surface area contributed by atoms with Crippen LogP contribution in [0.4, 0.5) is 23.2 Å². The first-order valence-corrected chi connectivity index (χ1v) is 16.4. The van der Waals surface area contributed by atoms with Crippen LogP contribution in [0.2, 0.25) is 0 Å². The first-order valence-electron chi connectivity index (χ1n) is 15.0. The molecule has 2 bridgehead atoms. The van der Waals surface area contributed by atoms with Crippen molar-refractivity contribution in [3.63, 3.8) is 0 Å². The molecule has 0 saturated heterocycles. The molecule has 0 unspecified atom stereocenters. The Labute approximate surface area is 262 Å². The number of carboxylic acids is 1. The lowest BCUT2D eigenvalue weighted by Gasteiger charge is -2.31. The lowest BCUT2D eigenvalue weighted by Crippen LogP contribution is -2.48. The smallest absolute Gasteiger partial charge is 0.496 e. The van der Waals surface area contributed by atoms with E-state index < -0.39 is 61.7 Å². The Kier molecular flexibility index (Phi) is 9.52. The number of fused-ring (bicyclic) bond motifs is 2. The van der Waals surface area contributed by atoms with E-state index in [1.807, 2.05) is 0 Å². The maximum Gasteiger partial charge on any atom is 0.501 e. The molecule has 3 fully saturated rings. The molecule has 2 aromatic carbocycles. The van der Waals surface area contributed by atoms with Crippen LogP contribution < -0.4 is 20.1 Å². The fourth-order valence-electron chi connectivity index (χ4n) is 6.98. The third-order valence-corrected chi connectivity index (χ3v) is 10.9. The molecule has 10 nitrogen and oxygen atoms in total. The van der Waals surface area contributed by atoms with Crippen LogP contribution >= 0.6 is 0 Å². The number of carbonyl (C=O) groups excluding carboxylic acids is 2. The van der Waals surface area contributed by atoms with Crippen LogP contribution in [0.5, 0.6) is 11.5 Å². The molecule has 2 amide bonds. The minimum Gasteiger partial charge on any atom is -0.496 e. The number of methoxy groups -OCH3 is 1. The van der Waals surface area contributed by atoms with Gasteiger partial charge in [-0.05, 0) is 87.0 Å². The second kappa shape index (κ2) is 13.1. The molecule has 4 atom stereocenters. The molecule has 0 aliphatic heterocycles. The zero-order chi connectivity index (χ0) is 33.4. The fraction of sp³-hybridized carbons (Fsp3) is 0.516. The number of nitrogens with one attached hydrogen (secondary N) is 2. The van der Waals surface area contributed by atoms with Crippen molar-refractivity contribution in [3.05, 3.63) is 47.8 Å². The minimum atomic E-state index is -5.63. The second-order valence-corrected chi connectivity index (χ2v) is 14.1. The van der Waals surface area contributed by atoms with Gasteiger partial charge in [-0.3, -0.25) is 14.4 Å². The van der Waals surface area contributed by atoms with Crippen molar-refractivity contribution in [3.8, 4) is 11.5 Å². The average Bonchev–Trinajstić information content (AvgIpc) is 3.62. The fourth-order valence-corrected chi connectivity index (χ4v) is 7.79. The van der Waals surface area contributed by atoms with Crippen LogP contribution in [0.25, 0.3) is 0 Å². The zero-order valence-corrected chi connectivity index (χ0v) is 25.6. The van der Waals surface area contributed by atoms with Crippen LogP contribution in [0.1, 0.15) is 55.3 Å². The topological polar surface area (TPSA) is 148 Å². The molecule has 5 rings (SSSR count). The van der Waals surface area contributed by atoms with E-state index in [1.54, 1.807) is 0 Å². The molecule has 46 heavy (non-hydrogen) atoms. The van der Waals surface area contributed by atoms with Gasteiger partial charge >= 0.3 is 11.5 Å². The largest absolute Gasteiger partial charge is 0.501 e. The molecular formula is C31H34F4N2O8S. The molecule has 3 N–H and O–H groups in total. The highest BCUT2D eigenvalue weighted by atomic mass is 32.2. The van der Waals surface area contributed by atoms with Gasteiger partial charge in [0, 0.05) is 17.8 Å². The number of hydrogen-bond donors (Lipinski definition) is 3. The highest BCUT2D eigenvalue weighted by Crippen LogP contribution is 2.49. The van der Waals surface area contributed by atoms with Gasteiger partial charge in [-0.2, -0.15) is 13.2 Å². The Morgan fingerprint density at radius 2 is 1.67 bits per heavy atom. The number of sulfone groups is 1. The molecule has 0 radical (unpaired) electrons. The van der Waals surface area contributed by atoms with Crippen molar-refractivity contribution >= 4 is 33.3 Å². The van der Waals surface area contributed by atoms with Crippen LogP contribution in [-0.2, 0) is 19.4 Å². The quantitative estimate of drug-likeness (QED) is 0.293. The second-order valence-electron chi connectivity index (χ2n) is 12.2. The van der Waals surface area contributed by atoms with Gasteiger partial charge in [0.25, 0.3) is 15.7 Å². The first kappa shape index (κ1) is 33.5. The molecule has 0 heterocycles. The van der Waals surface area contributed by atoms with Gasteiger partial charge in [-0.1, -0.05) is 6.07 Å². The molecule has 3 saturated carbocycles. The summed E-state index contributed by atoms with van der Waals surface area (Å²) in [6.07, 6.45) is 4.28. The third-order valence-electron chi connectivity index (χ3n) is 9.40. The van der Waals surface area contributed by atoms with E-state index in [-0.39, 0.29) is 47.1 Å². The van der Waals surface area contributed by atoms with Crippen LogP contribution in [0.15, 0.2) is 41.3 Å². The molecular weight excluding hydrogens is 636 g/mol. The summed E-state index contributed by atoms with van der Waals surface area (Å²) in [5.41, 5.74) is -5.68. The van der Waals surface area contributed by atoms with Gasteiger partial charge in [0.2, 0.25) is 5.91 Å². The summed E-state index contributed by atoms with van der Waals surface area (Å²) in [7, 11) is -4.36. The van der Waals surface area contributed by atoms with E-state index in [9.17, 15) is 45.5 Å². The Hall–Kier alpha value is -3.88. The number of hydrogen-bond acceptors (Lipinski definition) is 7. The van der Waals surface area contributed by atoms with Gasteiger partial charge < -0.3 is 25.2 Å². The van der Waals surface area contributed by atoms with Crippen molar-refractivity contribution in [2.75, 3.05) is 19.0 Å². The number of halogens is 4. The molecule has 0 aromatic heterocycles. The van der Waals surface area contributed by atoms with E-state index in [0.29, 0.717) is 38.5 Å². The number of benzene rings is 2. The molecule has 0 spiro atoms. The summed E-state index contributed by atoms with van der Waals surface area (Å²) in [4.78, 5) is 37.2. The highest BCUT2D eigenvalue weighted by Gasteiger charge is 2.52. The van der Waals surface area contributed by atoms with E-state index >= 15 is 0 Å². The van der Waals surface area contributed by atoms with Crippen molar-refractivity contribution in [2.24, 2.45) is 29.6 Å². The average molecular weight is 671 g/mol. The summed E-state index contributed by atoms with van der Waals surface area (Å²) in [5.74, 6) is -4.37. The Morgan fingerprint density at radius 1 is 0.978 bits per heavy atom. The summed E-state index contributed by atoms with van der Waals surface area (Å²) < 4.78 is 88.8. The van der Waals surface area contributed by atoms with Crippen LogP contribution in [0.3, 0.4) is 0 Å². The lowest BCUT2D eigenvalue weighted by molar-refractivity contribution is -0.143. The monoisotopic (exact) mass is 670 g/mol. The number of rotatable bonds is 10. The van der Waals surface area contributed by atoms with Gasteiger partial charge in [-0.15, -0.1) is 0 Å². The number of amides is 2. The lowest BCUT2D eigenvalue weighted by atomic mass is 9.82. The summed E-state index contributed by atoms with van der Waals surface area (Å²) >= 11 is 0. The summed E-state index contributed by atoms with van der Waals surface area (Å²) in [6.45, 7) is 0.136. The Bertz CT molecular complexity index is 1610. The molecule has 15 heteroatoms. The number of carbonyl (C=O) groups is 3. The van der Waals surface area contributed by atoms with E-state index in [4.69, 9.17) is 9.47 Å². The number of aliphatic carboxylic acids is 1. The Balaban J connectivity index is 1.29. The maximum atomic E-state index is 14.9. The number of carboxylic acid groups (broad SMARTS) is 1. The molecule has 3 aliphatic rings. The van der Waals surface area contributed by atoms with Crippen molar-refractivity contribution < 1.29 is 54.9 Å². The van der Waals surface area contributed by atoms with E-state index in [0.717, 1.165) is 30.7 Å². The standard InChI is InChI=1S/C31H34F4N2O8S/c1-44-24-14-23(32)25(45-15-16-5-7-17(8-6-16)30(40)41)13-22(24)28(38)37-27-19-10-9-18(11-19)26(27)29(39)36-20-3-2-4-21(12-20)46(42,43)31(33,34)35/h2-4,12-14,16-19,26-27H,5-11,15H2,1H3,(H,36,39)(H,37,38)(H,40,41)/t16-,17+,18-,19+,26+,27-/m1/s1. The predicted octanol–water partition coefficient (Wildman–Crippen LogP) is 5.18. The molecule has 3 aliphatic carbocycles.